The minimum absolute atomic E-state index is 0.00985. The summed E-state index contributed by atoms with van der Waals surface area (Å²) in [6, 6.07) is 7.95. The molecule has 0 fully saturated rings. The Labute approximate surface area is 102 Å². The van der Waals surface area contributed by atoms with E-state index in [2.05, 4.69) is 4.98 Å². The molecule has 1 aromatic heterocycles. The molecule has 18 heavy (non-hydrogen) atoms. The van der Waals surface area contributed by atoms with Crippen molar-refractivity contribution in [2.75, 3.05) is 0 Å². The molecule has 0 aliphatic heterocycles. The molecule has 0 unspecified atom stereocenters. The Bertz CT molecular complexity index is 579. The molecule has 0 aliphatic rings. The summed E-state index contributed by atoms with van der Waals surface area (Å²) in [5, 5.41) is 9.32. The van der Waals surface area contributed by atoms with Crippen LogP contribution >= 0.6 is 0 Å². The fourth-order valence-electron chi connectivity index (χ4n) is 1.65. The van der Waals surface area contributed by atoms with Gasteiger partial charge in [0.25, 0.3) is 0 Å². The third kappa shape index (κ3) is 2.61. The molecule has 0 spiro atoms. The summed E-state index contributed by atoms with van der Waals surface area (Å²) in [4.78, 5) is 4.05. The van der Waals surface area contributed by atoms with E-state index in [0.29, 0.717) is 5.56 Å². The fourth-order valence-corrected chi connectivity index (χ4v) is 1.65. The Morgan fingerprint density at radius 3 is 2.44 bits per heavy atom. The lowest BCUT2D eigenvalue weighted by Gasteiger charge is -2.10. The number of hydrogen-bond donors (Lipinski definition) is 1. The van der Waals surface area contributed by atoms with Crippen LogP contribution in [-0.2, 0) is 6.18 Å². The summed E-state index contributed by atoms with van der Waals surface area (Å²) < 4.78 is 38.0. The number of aryl methyl sites for hydroxylation is 1. The van der Waals surface area contributed by atoms with Crippen LogP contribution in [-0.4, -0.2) is 10.1 Å². The SMILES string of the molecule is Cc1cc(C(F)(F)F)cc(-c2cccc(O)c2)n1. The molecule has 0 atom stereocenters. The largest absolute Gasteiger partial charge is 0.508 e. The van der Waals surface area contributed by atoms with E-state index >= 15 is 0 Å². The molecule has 2 nitrogen and oxygen atoms in total. The first-order valence-electron chi connectivity index (χ1n) is 5.21. The maximum atomic E-state index is 12.7. The Morgan fingerprint density at radius 1 is 1.11 bits per heavy atom. The van der Waals surface area contributed by atoms with E-state index in [1.165, 1.54) is 19.1 Å². The predicted octanol–water partition coefficient (Wildman–Crippen LogP) is 3.78. The van der Waals surface area contributed by atoms with E-state index in [1.807, 2.05) is 0 Å². The number of benzene rings is 1. The Morgan fingerprint density at radius 2 is 1.83 bits per heavy atom. The van der Waals surface area contributed by atoms with Crippen LogP contribution in [0.3, 0.4) is 0 Å². The van der Waals surface area contributed by atoms with Crippen LogP contribution in [0.1, 0.15) is 11.3 Å². The summed E-state index contributed by atoms with van der Waals surface area (Å²) in [5.74, 6) is -0.00985. The zero-order chi connectivity index (χ0) is 13.3. The van der Waals surface area contributed by atoms with Gasteiger partial charge in [-0.15, -0.1) is 0 Å². The number of aromatic nitrogens is 1. The molecule has 0 aliphatic carbocycles. The van der Waals surface area contributed by atoms with Crippen molar-refractivity contribution in [3.05, 3.63) is 47.7 Å². The maximum absolute atomic E-state index is 12.7. The highest BCUT2D eigenvalue weighted by Crippen LogP contribution is 2.32. The fraction of sp³-hybridized carbons (Fsp3) is 0.154. The number of hydrogen-bond acceptors (Lipinski definition) is 2. The molecule has 1 heterocycles. The van der Waals surface area contributed by atoms with Crippen molar-refractivity contribution in [3.8, 4) is 17.0 Å². The third-order valence-electron chi connectivity index (χ3n) is 2.42. The number of phenolic OH excluding ortho intramolecular Hbond substituents is 1. The van der Waals surface area contributed by atoms with Crippen molar-refractivity contribution in [2.45, 2.75) is 13.1 Å². The van der Waals surface area contributed by atoms with Crippen molar-refractivity contribution in [1.82, 2.24) is 4.98 Å². The number of rotatable bonds is 1. The third-order valence-corrected chi connectivity index (χ3v) is 2.42. The highest BCUT2D eigenvalue weighted by molar-refractivity contribution is 5.62. The number of halogens is 3. The lowest BCUT2D eigenvalue weighted by molar-refractivity contribution is -0.137. The van der Waals surface area contributed by atoms with Gasteiger partial charge < -0.3 is 5.11 Å². The van der Waals surface area contributed by atoms with Crippen LogP contribution in [0.4, 0.5) is 13.2 Å². The second-order valence-corrected chi connectivity index (χ2v) is 3.93. The second kappa shape index (κ2) is 4.33. The first-order chi connectivity index (χ1) is 8.36. The number of phenols is 1. The van der Waals surface area contributed by atoms with Gasteiger partial charge >= 0.3 is 6.18 Å². The minimum Gasteiger partial charge on any atom is -0.508 e. The van der Waals surface area contributed by atoms with Crippen LogP contribution in [0.15, 0.2) is 36.4 Å². The van der Waals surface area contributed by atoms with Gasteiger partial charge in [0, 0.05) is 11.3 Å². The number of pyridine rings is 1. The van der Waals surface area contributed by atoms with Crippen LogP contribution in [0.5, 0.6) is 5.75 Å². The lowest BCUT2D eigenvalue weighted by Crippen LogP contribution is -2.06. The van der Waals surface area contributed by atoms with E-state index in [4.69, 9.17) is 0 Å². The van der Waals surface area contributed by atoms with Gasteiger partial charge in [-0.25, -0.2) is 0 Å². The molecule has 5 heteroatoms. The topological polar surface area (TPSA) is 33.1 Å². The molecule has 0 amide bonds. The van der Waals surface area contributed by atoms with Crippen molar-refractivity contribution in [1.29, 1.82) is 0 Å². The van der Waals surface area contributed by atoms with Crippen molar-refractivity contribution >= 4 is 0 Å². The van der Waals surface area contributed by atoms with Crippen LogP contribution < -0.4 is 0 Å². The number of aromatic hydroxyl groups is 1. The quantitative estimate of drug-likeness (QED) is 0.838. The Balaban J connectivity index is 2.55. The highest BCUT2D eigenvalue weighted by atomic mass is 19.4. The predicted molar refractivity (Wildman–Crippen MR) is 61.1 cm³/mol. The minimum atomic E-state index is -4.40. The lowest BCUT2D eigenvalue weighted by atomic mass is 10.1. The number of nitrogens with zero attached hydrogens (tertiary/aromatic N) is 1. The first kappa shape index (κ1) is 12.4. The van der Waals surface area contributed by atoms with Crippen LogP contribution in [0.2, 0.25) is 0 Å². The Hall–Kier alpha value is -2.04. The molecule has 1 N–H and O–H groups in total. The molecular weight excluding hydrogens is 243 g/mol. The van der Waals surface area contributed by atoms with Crippen molar-refractivity contribution in [3.63, 3.8) is 0 Å². The van der Waals surface area contributed by atoms with Gasteiger partial charge in [0.15, 0.2) is 0 Å². The van der Waals surface area contributed by atoms with Gasteiger partial charge in [-0.2, -0.15) is 13.2 Å². The van der Waals surface area contributed by atoms with Gasteiger partial charge in [-0.3, -0.25) is 4.98 Å². The van der Waals surface area contributed by atoms with Gasteiger partial charge in [0.05, 0.1) is 11.3 Å². The van der Waals surface area contributed by atoms with Gasteiger partial charge in [0.1, 0.15) is 5.75 Å². The highest BCUT2D eigenvalue weighted by Gasteiger charge is 2.31. The summed E-state index contributed by atoms with van der Waals surface area (Å²) in [7, 11) is 0. The average molecular weight is 253 g/mol. The van der Waals surface area contributed by atoms with E-state index < -0.39 is 11.7 Å². The average Bonchev–Trinajstić information content (AvgIpc) is 2.27. The molecule has 0 radical (unpaired) electrons. The normalized spacial score (nSPS) is 11.6. The van der Waals surface area contributed by atoms with Crippen molar-refractivity contribution in [2.24, 2.45) is 0 Å². The molecule has 1 aromatic carbocycles. The smallest absolute Gasteiger partial charge is 0.416 e. The summed E-state index contributed by atoms with van der Waals surface area (Å²) >= 11 is 0. The molecule has 94 valence electrons. The molecule has 2 rings (SSSR count). The monoisotopic (exact) mass is 253 g/mol. The molecule has 2 aromatic rings. The summed E-state index contributed by atoms with van der Waals surface area (Å²) in [5.41, 5.74) is 0.180. The van der Waals surface area contributed by atoms with Gasteiger partial charge in [-0.05, 0) is 31.2 Å². The summed E-state index contributed by atoms with van der Waals surface area (Å²) in [6.07, 6.45) is -4.40. The van der Waals surface area contributed by atoms with Crippen LogP contribution in [0.25, 0.3) is 11.3 Å². The summed E-state index contributed by atoms with van der Waals surface area (Å²) in [6.45, 7) is 1.50. The van der Waals surface area contributed by atoms with Gasteiger partial charge in [-0.1, -0.05) is 12.1 Å². The van der Waals surface area contributed by atoms with E-state index in [9.17, 15) is 18.3 Å². The molecule has 0 bridgehead atoms. The van der Waals surface area contributed by atoms with E-state index in [0.717, 1.165) is 12.1 Å². The number of alkyl halides is 3. The standard InChI is InChI=1S/C13H10F3NO/c1-8-5-10(13(14,15)16)7-12(17-8)9-3-2-4-11(18)6-9/h2-7,18H,1H3. The first-order valence-corrected chi connectivity index (χ1v) is 5.21. The van der Waals surface area contributed by atoms with Crippen molar-refractivity contribution < 1.29 is 18.3 Å². The zero-order valence-corrected chi connectivity index (χ0v) is 9.49. The van der Waals surface area contributed by atoms with E-state index in [-0.39, 0.29) is 17.1 Å². The maximum Gasteiger partial charge on any atom is 0.416 e. The second-order valence-electron chi connectivity index (χ2n) is 3.93. The molecular formula is C13H10F3NO. The van der Waals surface area contributed by atoms with Crippen LogP contribution in [0, 0.1) is 6.92 Å². The zero-order valence-electron chi connectivity index (χ0n) is 9.49. The molecule has 0 saturated heterocycles. The Kier molecular flexibility index (Phi) is 2.98. The molecule has 0 saturated carbocycles. The van der Waals surface area contributed by atoms with Gasteiger partial charge in [0.2, 0.25) is 0 Å². The van der Waals surface area contributed by atoms with E-state index in [1.54, 1.807) is 12.1 Å².